The summed E-state index contributed by atoms with van der Waals surface area (Å²) in [6, 6.07) is 30.7. The Morgan fingerprint density at radius 2 is 1.31 bits per heavy atom. The Bertz CT molecular complexity index is 1180. The maximum absolute atomic E-state index is 4.99. The third-order valence-corrected chi connectivity index (χ3v) is 4.99. The van der Waals surface area contributed by atoms with Gasteiger partial charge in [-0.05, 0) is 19.1 Å². The predicted molar refractivity (Wildman–Crippen MR) is 117 cm³/mol. The van der Waals surface area contributed by atoms with Crippen molar-refractivity contribution in [3.05, 3.63) is 103 Å². The number of rotatable bonds is 4. The number of nitrogens with zero attached hydrogens (tertiary/aromatic N) is 3. The molecule has 0 unspecified atom stereocenters. The van der Waals surface area contributed by atoms with Crippen LogP contribution in [0.25, 0.3) is 39.6 Å². The number of hydrogen-bond donors (Lipinski definition) is 1. The van der Waals surface area contributed by atoms with Gasteiger partial charge in [-0.25, -0.2) is 9.67 Å². The Hall–Kier alpha value is -3.92. The van der Waals surface area contributed by atoms with Crippen molar-refractivity contribution in [1.82, 2.24) is 19.7 Å². The van der Waals surface area contributed by atoms with Gasteiger partial charge in [0.05, 0.1) is 28.3 Å². The van der Waals surface area contributed by atoms with Crippen molar-refractivity contribution < 1.29 is 0 Å². The molecule has 5 aromatic rings. The van der Waals surface area contributed by atoms with Crippen LogP contribution in [0.1, 0.15) is 5.69 Å². The molecule has 140 valence electrons. The summed E-state index contributed by atoms with van der Waals surface area (Å²) >= 11 is 0. The van der Waals surface area contributed by atoms with Gasteiger partial charge < -0.3 is 4.98 Å². The lowest BCUT2D eigenvalue weighted by molar-refractivity contribution is 0.863. The Balaban J connectivity index is 1.66. The van der Waals surface area contributed by atoms with Crippen LogP contribution >= 0.6 is 0 Å². The molecule has 0 amide bonds. The molecule has 0 fully saturated rings. The second-order valence-corrected chi connectivity index (χ2v) is 6.95. The summed E-state index contributed by atoms with van der Waals surface area (Å²) in [6.07, 6.45) is 2.03. The number of nitrogens with one attached hydrogen (secondary N) is 1. The Morgan fingerprint density at radius 3 is 1.97 bits per heavy atom. The van der Waals surface area contributed by atoms with Gasteiger partial charge in [-0.15, -0.1) is 0 Å². The molecular formula is C25H20N4. The molecule has 0 spiro atoms. The minimum atomic E-state index is 0.822. The lowest BCUT2D eigenvalue weighted by Crippen LogP contribution is -1.93. The van der Waals surface area contributed by atoms with Crippen molar-refractivity contribution in [1.29, 1.82) is 0 Å². The first-order valence-electron chi connectivity index (χ1n) is 9.62. The molecule has 3 aromatic carbocycles. The third kappa shape index (κ3) is 3.25. The third-order valence-electron chi connectivity index (χ3n) is 4.99. The van der Waals surface area contributed by atoms with Crippen molar-refractivity contribution in [3.8, 4) is 39.6 Å². The maximum atomic E-state index is 4.99. The van der Waals surface area contributed by atoms with Crippen LogP contribution in [0.2, 0.25) is 0 Å². The van der Waals surface area contributed by atoms with Gasteiger partial charge >= 0.3 is 0 Å². The van der Waals surface area contributed by atoms with Gasteiger partial charge in [0.25, 0.3) is 0 Å². The average Bonchev–Trinajstić information content (AvgIpc) is 3.39. The van der Waals surface area contributed by atoms with E-state index in [0.717, 1.165) is 45.3 Å². The molecule has 2 aromatic heterocycles. The summed E-state index contributed by atoms with van der Waals surface area (Å²) in [5.74, 6) is 0.822. The van der Waals surface area contributed by atoms with E-state index in [1.165, 1.54) is 0 Å². The van der Waals surface area contributed by atoms with Gasteiger partial charge in [-0.1, -0.05) is 78.9 Å². The average molecular weight is 376 g/mol. The molecule has 0 aliphatic rings. The molecule has 0 aliphatic heterocycles. The zero-order chi connectivity index (χ0) is 19.6. The molecule has 4 nitrogen and oxygen atoms in total. The molecule has 5 rings (SSSR count). The monoisotopic (exact) mass is 376 g/mol. The number of para-hydroxylation sites is 1. The molecular weight excluding hydrogens is 356 g/mol. The van der Waals surface area contributed by atoms with E-state index in [1.54, 1.807) is 0 Å². The first kappa shape index (κ1) is 17.2. The fourth-order valence-electron chi connectivity index (χ4n) is 3.52. The number of H-pyrrole nitrogens is 1. The van der Waals surface area contributed by atoms with Crippen LogP contribution in [0.5, 0.6) is 0 Å². The molecule has 29 heavy (non-hydrogen) atoms. The lowest BCUT2D eigenvalue weighted by Gasteiger charge is -2.02. The fraction of sp³-hybridized carbons (Fsp3) is 0.0400. The van der Waals surface area contributed by atoms with Crippen molar-refractivity contribution in [2.24, 2.45) is 0 Å². The van der Waals surface area contributed by atoms with Gasteiger partial charge in [0, 0.05) is 17.3 Å². The Morgan fingerprint density at radius 1 is 0.724 bits per heavy atom. The zero-order valence-electron chi connectivity index (χ0n) is 16.1. The standard InChI is InChI=1S/C25H20N4/c1-18-22(17-29(28-18)21-15-9-4-10-16-21)25-26-23(19-11-5-2-6-12-19)24(27-25)20-13-7-3-8-14-20/h2-17H,1H3,(H,26,27). The van der Waals surface area contributed by atoms with E-state index in [9.17, 15) is 0 Å². The summed E-state index contributed by atoms with van der Waals surface area (Å²) in [6.45, 7) is 2.02. The topological polar surface area (TPSA) is 46.5 Å². The molecule has 2 heterocycles. The van der Waals surface area contributed by atoms with Crippen LogP contribution in [0.3, 0.4) is 0 Å². The molecule has 0 saturated heterocycles. The molecule has 1 N–H and O–H groups in total. The van der Waals surface area contributed by atoms with Crippen molar-refractivity contribution in [2.45, 2.75) is 6.92 Å². The molecule has 0 radical (unpaired) electrons. The normalized spacial score (nSPS) is 10.9. The molecule has 0 aliphatic carbocycles. The highest BCUT2D eigenvalue weighted by Gasteiger charge is 2.18. The lowest BCUT2D eigenvalue weighted by atomic mass is 10.1. The highest BCUT2D eigenvalue weighted by Crippen LogP contribution is 2.33. The second-order valence-electron chi connectivity index (χ2n) is 6.95. The summed E-state index contributed by atoms with van der Waals surface area (Å²) < 4.78 is 1.90. The van der Waals surface area contributed by atoms with Gasteiger partial charge in [-0.3, -0.25) is 0 Å². The van der Waals surface area contributed by atoms with E-state index >= 15 is 0 Å². The van der Waals surface area contributed by atoms with Crippen molar-refractivity contribution in [2.75, 3.05) is 0 Å². The maximum Gasteiger partial charge on any atom is 0.142 e. The summed E-state index contributed by atoms with van der Waals surface area (Å²) in [7, 11) is 0. The second kappa shape index (κ2) is 7.24. The van der Waals surface area contributed by atoms with E-state index in [0.29, 0.717) is 0 Å². The SMILES string of the molecule is Cc1nn(-c2ccccc2)cc1-c1nc(-c2ccccc2)c(-c2ccccc2)[nH]1. The summed E-state index contributed by atoms with van der Waals surface area (Å²) in [5, 5.41) is 4.70. The summed E-state index contributed by atoms with van der Waals surface area (Å²) in [5.41, 5.74) is 7.10. The van der Waals surface area contributed by atoms with Gasteiger partial charge in [0.1, 0.15) is 5.82 Å². The van der Waals surface area contributed by atoms with Crippen molar-refractivity contribution in [3.63, 3.8) is 0 Å². The number of imidazole rings is 1. The first-order valence-corrected chi connectivity index (χ1v) is 9.62. The fourth-order valence-corrected chi connectivity index (χ4v) is 3.52. The number of aromatic nitrogens is 4. The van der Waals surface area contributed by atoms with E-state index in [1.807, 2.05) is 84.5 Å². The number of aromatic amines is 1. The van der Waals surface area contributed by atoms with E-state index in [-0.39, 0.29) is 0 Å². The quantitative estimate of drug-likeness (QED) is 0.424. The number of hydrogen-bond acceptors (Lipinski definition) is 2. The van der Waals surface area contributed by atoms with Crippen LogP contribution in [0.15, 0.2) is 97.2 Å². The molecule has 0 saturated carbocycles. The van der Waals surface area contributed by atoms with Gasteiger partial charge in [0.2, 0.25) is 0 Å². The largest absolute Gasteiger partial charge is 0.337 e. The Kier molecular flexibility index (Phi) is 4.30. The van der Waals surface area contributed by atoms with Crippen LogP contribution in [-0.4, -0.2) is 19.7 Å². The molecule has 0 bridgehead atoms. The zero-order valence-corrected chi connectivity index (χ0v) is 16.1. The van der Waals surface area contributed by atoms with Crippen LogP contribution in [0, 0.1) is 6.92 Å². The number of benzene rings is 3. The molecule has 4 heteroatoms. The summed E-state index contributed by atoms with van der Waals surface area (Å²) in [4.78, 5) is 8.54. The van der Waals surface area contributed by atoms with Crippen LogP contribution in [-0.2, 0) is 0 Å². The predicted octanol–water partition coefficient (Wildman–Crippen LogP) is 5.90. The van der Waals surface area contributed by atoms with Crippen molar-refractivity contribution >= 4 is 0 Å². The van der Waals surface area contributed by atoms with Gasteiger partial charge in [0.15, 0.2) is 0 Å². The molecule has 0 atom stereocenters. The first-order chi connectivity index (χ1) is 14.3. The van der Waals surface area contributed by atoms with E-state index < -0.39 is 0 Å². The highest BCUT2D eigenvalue weighted by atomic mass is 15.3. The van der Waals surface area contributed by atoms with Gasteiger partial charge in [-0.2, -0.15) is 5.10 Å². The number of aryl methyl sites for hydroxylation is 1. The highest BCUT2D eigenvalue weighted by molar-refractivity contribution is 5.81. The minimum absolute atomic E-state index is 0.822. The van der Waals surface area contributed by atoms with Crippen LogP contribution in [0.4, 0.5) is 0 Å². The van der Waals surface area contributed by atoms with E-state index in [4.69, 9.17) is 10.1 Å². The van der Waals surface area contributed by atoms with Crippen LogP contribution < -0.4 is 0 Å². The Labute approximate surface area is 169 Å². The minimum Gasteiger partial charge on any atom is -0.337 e. The smallest absolute Gasteiger partial charge is 0.142 e. The van der Waals surface area contributed by atoms with E-state index in [2.05, 4.69) is 29.2 Å².